The van der Waals surface area contributed by atoms with Crippen LogP contribution in [0.4, 0.5) is 17.1 Å². The molecule has 3 nitrogen and oxygen atoms in total. The lowest BCUT2D eigenvalue weighted by molar-refractivity contribution is 0.765. The molecule has 0 atom stereocenters. The van der Waals surface area contributed by atoms with Gasteiger partial charge in [0.15, 0.2) is 5.69 Å². The molecule has 0 unspecified atom stereocenters. The fourth-order valence-corrected chi connectivity index (χ4v) is 6.24. The van der Waals surface area contributed by atoms with Gasteiger partial charge in [0, 0.05) is 11.4 Å². The van der Waals surface area contributed by atoms with Gasteiger partial charge in [-0.05, 0) is 112 Å². The maximum absolute atomic E-state index is 7.71. The van der Waals surface area contributed by atoms with Crippen molar-refractivity contribution < 1.29 is 0 Å². The number of hydrogen-bond acceptors (Lipinski definition) is 2. The number of fused-ring (bicyclic) bond motifs is 4. The number of benzene rings is 5. The van der Waals surface area contributed by atoms with Crippen LogP contribution in [0.2, 0.25) is 0 Å². The van der Waals surface area contributed by atoms with Crippen LogP contribution < -0.4 is 11.5 Å². The van der Waals surface area contributed by atoms with E-state index in [1.165, 1.54) is 38.6 Å². The highest BCUT2D eigenvalue weighted by atomic mass is 14.6. The number of hydrogen-bond donors (Lipinski definition) is 2. The smallest absolute Gasteiger partial charge is 0.187 e. The van der Waals surface area contributed by atoms with Crippen LogP contribution in [0.25, 0.3) is 26.7 Å². The van der Waals surface area contributed by atoms with Gasteiger partial charge >= 0.3 is 0 Å². The van der Waals surface area contributed by atoms with Crippen LogP contribution in [0.5, 0.6) is 0 Å². The first-order chi connectivity index (χ1) is 17.7. The summed E-state index contributed by atoms with van der Waals surface area (Å²) in [5.41, 5.74) is 25.9. The molecule has 5 aromatic rings. The molecular weight excluding hydrogens is 450 g/mol. The van der Waals surface area contributed by atoms with Crippen LogP contribution >= 0.6 is 0 Å². The summed E-state index contributed by atoms with van der Waals surface area (Å²) in [4.78, 5) is 3.77. The lowest BCUT2D eigenvalue weighted by Gasteiger charge is -2.35. The largest absolute Gasteiger partial charge is 0.398 e. The van der Waals surface area contributed by atoms with E-state index in [4.69, 9.17) is 18.0 Å². The van der Waals surface area contributed by atoms with E-state index in [1.807, 2.05) is 12.1 Å². The molecule has 0 amide bonds. The van der Waals surface area contributed by atoms with Gasteiger partial charge in [0.05, 0.1) is 12.0 Å². The highest BCUT2D eigenvalue weighted by molar-refractivity contribution is 5.96. The Labute approximate surface area is 218 Å². The van der Waals surface area contributed by atoms with Gasteiger partial charge in [-0.1, -0.05) is 60.7 Å². The van der Waals surface area contributed by atoms with Crippen molar-refractivity contribution in [3.05, 3.63) is 135 Å². The Hall–Kier alpha value is -4.55. The summed E-state index contributed by atoms with van der Waals surface area (Å²) in [6, 6.07) is 28.2. The molecule has 180 valence electrons. The topological polar surface area (TPSA) is 56.4 Å². The zero-order valence-corrected chi connectivity index (χ0v) is 21.6. The van der Waals surface area contributed by atoms with Gasteiger partial charge in [0.1, 0.15) is 0 Å². The third-order valence-electron chi connectivity index (χ3n) is 8.17. The Kier molecular flexibility index (Phi) is 4.94. The number of nitrogen functional groups attached to an aromatic ring is 2. The molecule has 0 radical (unpaired) electrons. The summed E-state index contributed by atoms with van der Waals surface area (Å²) < 4.78 is 0. The van der Waals surface area contributed by atoms with E-state index in [-0.39, 0.29) is 0 Å². The van der Waals surface area contributed by atoms with Crippen LogP contribution in [0, 0.1) is 34.3 Å². The van der Waals surface area contributed by atoms with Crippen molar-refractivity contribution in [1.82, 2.24) is 0 Å². The number of nitrogens with two attached hydrogens (primary N) is 2. The minimum absolute atomic E-state index is 0.582. The lowest BCUT2D eigenvalue weighted by atomic mass is 9.66. The summed E-state index contributed by atoms with van der Waals surface area (Å²) >= 11 is 0. The van der Waals surface area contributed by atoms with Gasteiger partial charge in [-0.3, -0.25) is 0 Å². The Balaban J connectivity index is 1.86. The molecule has 0 aromatic heterocycles. The van der Waals surface area contributed by atoms with E-state index in [9.17, 15) is 0 Å². The van der Waals surface area contributed by atoms with Gasteiger partial charge in [-0.2, -0.15) is 0 Å². The average molecular weight is 480 g/mol. The summed E-state index contributed by atoms with van der Waals surface area (Å²) in [5.74, 6) is 0. The molecule has 4 N–H and O–H groups in total. The lowest BCUT2D eigenvalue weighted by Crippen LogP contribution is -2.29. The maximum atomic E-state index is 7.71. The van der Waals surface area contributed by atoms with Crippen LogP contribution in [0.1, 0.15) is 44.5 Å². The fraction of sp³-hybridized carbons (Fsp3) is 0.147. The summed E-state index contributed by atoms with van der Waals surface area (Å²) in [5, 5.41) is 2.38. The molecule has 0 fully saturated rings. The highest BCUT2D eigenvalue weighted by Crippen LogP contribution is 2.58. The molecule has 0 saturated carbocycles. The van der Waals surface area contributed by atoms with Crippen molar-refractivity contribution in [2.24, 2.45) is 0 Å². The third-order valence-corrected chi connectivity index (χ3v) is 8.17. The summed E-state index contributed by atoms with van der Waals surface area (Å²) in [6.07, 6.45) is 0. The standard InChI is InChI=1S/C34H29N3/c1-19-12-25(13-20(2)32(19)35)34(26-14-21(3)33(36)22(4)15-26)30-11-10-27(37-5)18-29(30)28-16-23-8-6-7-9-24(23)17-31(28)34/h6-18H,35-36H2,1-4H3. The van der Waals surface area contributed by atoms with E-state index in [2.05, 4.69) is 99.3 Å². The van der Waals surface area contributed by atoms with E-state index in [1.54, 1.807) is 0 Å². The second-order valence-corrected chi connectivity index (χ2v) is 10.4. The number of aryl methyl sites for hydroxylation is 4. The van der Waals surface area contributed by atoms with Crippen LogP contribution in [-0.2, 0) is 5.41 Å². The SMILES string of the molecule is [C-]#[N+]c1ccc2c(c1)-c1cc3ccccc3cc1C2(c1cc(C)c(N)c(C)c1)c1cc(C)c(N)c(C)c1. The Morgan fingerprint density at radius 1 is 0.595 bits per heavy atom. The monoisotopic (exact) mass is 479 g/mol. The maximum Gasteiger partial charge on any atom is 0.187 e. The summed E-state index contributed by atoms with van der Waals surface area (Å²) in [7, 11) is 0. The normalized spacial score (nSPS) is 13.3. The predicted octanol–water partition coefficient (Wildman–Crippen LogP) is 8.15. The zero-order valence-electron chi connectivity index (χ0n) is 21.6. The molecule has 0 spiro atoms. The number of nitrogens with zero attached hydrogens (tertiary/aromatic N) is 1. The second-order valence-electron chi connectivity index (χ2n) is 10.4. The molecule has 3 heteroatoms. The van der Waals surface area contributed by atoms with Crippen LogP contribution in [0.15, 0.2) is 78.9 Å². The van der Waals surface area contributed by atoms with Crippen LogP contribution in [-0.4, -0.2) is 0 Å². The molecule has 0 aliphatic heterocycles. The molecule has 0 heterocycles. The van der Waals surface area contributed by atoms with E-state index in [0.29, 0.717) is 5.69 Å². The van der Waals surface area contributed by atoms with Crippen molar-refractivity contribution in [3.63, 3.8) is 0 Å². The number of anilines is 2. The molecule has 5 aromatic carbocycles. The van der Waals surface area contributed by atoms with Gasteiger partial charge in [0.2, 0.25) is 0 Å². The second kappa shape index (κ2) is 7.98. The van der Waals surface area contributed by atoms with E-state index in [0.717, 1.165) is 39.2 Å². The van der Waals surface area contributed by atoms with Crippen molar-refractivity contribution in [2.75, 3.05) is 11.5 Å². The molecule has 1 aliphatic rings. The molecule has 0 saturated heterocycles. The van der Waals surface area contributed by atoms with Crippen LogP contribution in [0.3, 0.4) is 0 Å². The molecular formula is C34H29N3. The molecule has 1 aliphatic carbocycles. The first-order valence-corrected chi connectivity index (χ1v) is 12.6. The Morgan fingerprint density at radius 2 is 1.08 bits per heavy atom. The molecule has 6 rings (SSSR count). The molecule has 0 bridgehead atoms. The third kappa shape index (κ3) is 3.12. The minimum atomic E-state index is -0.582. The Bertz CT molecular complexity index is 1700. The first-order valence-electron chi connectivity index (χ1n) is 12.6. The zero-order chi connectivity index (χ0) is 26.1. The van der Waals surface area contributed by atoms with Gasteiger partial charge in [-0.15, -0.1) is 0 Å². The van der Waals surface area contributed by atoms with Crippen molar-refractivity contribution in [1.29, 1.82) is 0 Å². The van der Waals surface area contributed by atoms with Crippen molar-refractivity contribution in [3.8, 4) is 11.1 Å². The van der Waals surface area contributed by atoms with Gasteiger partial charge < -0.3 is 11.5 Å². The van der Waals surface area contributed by atoms with Gasteiger partial charge in [0.25, 0.3) is 0 Å². The average Bonchev–Trinajstić information content (AvgIpc) is 3.17. The number of rotatable bonds is 2. The predicted molar refractivity (Wildman–Crippen MR) is 155 cm³/mol. The van der Waals surface area contributed by atoms with E-state index < -0.39 is 5.41 Å². The fourth-order valence-electron chi connectivity index (χ4n) is 6.24. The van der Waals surface area contributed by atoms with Crippen molar-refractivity contribution in [2.45, 2.75) is 33.1 Å². The summed E-state index contributed by atoms with van der Waals surface area (Å²) in [6.45, 7) is 16.0. The van der Waals surface area contributed by atoms with Gasteiger partial charge in [-0.25, -0.2) is 4.85 Å². The first kappa shape index (κ1) is 22.9. The quantitative estimate of drug-likeness (QED) is 0.194. The van der Waals surface area contributed by atoms with E-state index >= 15 is 0 Å². The van der Waals surface area contributed by atoms with Crippen molar-refractivity contribution >= 4 is 27.8 Å². The Morgan fingerprint density at radius 3 is 1.59 bits per heavy atom. The minimum Gasteiger partial charge on any atom is -0.398 e. The molecule has 37 heavy (non-hydrogen) atoms. The highest BCUT2D eigenvalue weighted by Gasteiger charge is 2.47.